The van der Waals surface area contributed by atoms with Crippen LogP contribution in [0.5, 0.6) is 0 Å². The molecule has 1 rings (SSSR count). The maximum absolute atomic E-state index is 11.4. The molecule has 2 atom stereocenters. The van der Waals surface area contributed by atoms with Crippen molar-refractivity contribution < 1.29 is 17.8 Å². The molecule has 1 amide bonds. The number of hydrogen-bond acceptors (Lipinski definition) is 4. The van der Waals surface area contributed by atoms with Crippen molar-refractivity contribution in [1.29, 1.82) is 0 Å². The zero-order valence-corrected chi connectivity index (χ0v) is 9.90. The van der Waals surface area contributed by atoms with E-state index in [0.29, 0.717) is 13.0 Å². The fraction of sp³-hybridized carbons (Fsp3) is 0.857. The van der Waals surface area contributed by atoms with Gasteiger partial charge in [-0.15, -0.1) is 12.4 Å². The Balaban J connectivity index is 0.00000196. The fourth-order valence-electron chi connectivity index (χ4n) is 1.27. The third-order valence-corrected chi connectivity index (χ3v) is 3.23. The number of carbonyl (C=O) groups excluding carboxylic acids is 1. The van der Waals surface area contributed by atoms with Gasteiger partial charge < -0.3 is 10.6 Å². The van der Waals surface area contributed by atoms with Crippen molar-refractivity contribution in [1.82, 2.24) is 10.6 Å². The largest absolute Gasteiger partial charge is 0.338 e. The molecule has 1 aliphatic rings. The van der Waals surface area contributed by atoms with Gasteiger partial charge in [-0.2, -0.15) is 8.42 Å². The highest BCUT2D eigenvalue weighted by atomic mass is 35.5. The van der Waals surface area contributed by atoms with E-state index in [1.807, 2.05) is 0 Å². The second kappa shape index (κ2) is 5.64. The maximum Gasteiger partial charge on any atom is 0.285 e. The molecule has 3 N–H and O–H groups in total. The molecule has 0 bridgehead atoms. The first kappa shape index (κ1) is 14.6. The van der Waals surface area contributed by atoms with Gasteiger partial charge in [-0.1, -0.05) is 0 Å². The number of halogens is 1. The van der Waals surface area contributed by atoms with Crippen molar-refractivity contribution in [2.45, 2.75) is 18.7 Å². The Hall–Kier alpha value is -0.370. The van der Waals surface area contributed by atoms with E-state index >= 15 is 0 Å². The van der Waals surface area contributed by atoms with E-state index < -0.39 is 15.5 Å². The molecule has 0 aromatic carbocycles. The van der Waals surface area contributed by atoms with Crippen LogP contribution in [-0.2, 0) is 14.9 Å². The second-order valence-corrected chi connectivity index (χ2v) is 5.09. The lowest BCUT2D eigenvalue weighted by Gasteiger charge is -2.13. The van der Waals surface area contributed by atoms with E-state index in [0.717, 1.165) is 6.54 Å². The zero-order valence-electron chi connectivity index (χ0n) is 8.26. The highest BCUT2D eigenvalue weighted by molar-refractivity contribution is 7.86. The minimum atomic E-state index is -4.18. The average Bonchev–Trinajstić information content (AvgIpc) is 2.53. The summed E-state index contributed by atoms with van der Waals surface area (Å²) in [5.74, 6) is -0.528. The molecule has 1 fully saturated rings. The molecule has 0 saturated carbocycles. The first-order chi connectivity index (χ1) is 6.41. The predicted molar refractivity (Wildman–Crippen MR) is 57.4 cm³/mol. The summed E-state index contributed by atoms with van der Waals surface area (Å²) in [7, 11) is -4.18. The van der Waals surface area contributed by atoms with Gasteiger partial charge in [0.1, 0.15) is 0 Å². The number of hydrogen-bond donors (Lipinski definition) is 3. The monoisotopic (exact) mass is 258 g/mol. The van der Waals surface area contributed by atoms with Gasteiger partial charge in [-0.05, 0) is 19.9 Å². The zero-order chi connectivity index (χ0) is 10.8. The van der Waals surface area contributed by atoms with Crippen molar-refractivity contribution in [3.05, 3.63) is 0 Å². The van der Waals surface area contributed by atoms with Crippen molar-refractivity contribution in [2.24, 2.45) is 5.92 Å². The van der Waals surface area contributed by atoms with Crippen molar-refractivity contribution in [3.63, 3.8) is 0 Å². The second-order valence-electron chi connectivity index (χ2n) is 3.36. The Kier molecular flexibility index (Phi) is 5.50. The quantitative estimate of drug-likeness (QED) is 0.586. The number of nitrogens with one attached hydrogen (secondary N) is 2. The van der Waals surface area contributed by atoms with Crippen LogP contribution < -0.4 is 10.6 Å². The Labute approximate surface area is 95.0 Å². The molecule has 0 radical (unpaired) electrons. The highest BCUT2D eigenvalue weighted by Crippen LogP contribution is 2.08. The average molecular weight is 259 g/mol. The first-order valence-electron chi connectivity index (χ1n) is 4.38. The standard InChI is InChI=1S/C7H14N2O4S.ClH/c1-5(14(11,12)13)9-7(10)6-2-3-8-4-6;/h5-6,8H,2-4H2,1H3,(H,9,10)(H,11,12,13);1H. The van der Waals surface area contributed by atoms with Gasteiger partial charge >= 0.3 is 0 Å². The molecular weight excluding hydrogens is 244 g/mol. The van der Waals surface area contributed by atoms with E-state index in [-0.39, 0.29) is 24.2 Å². The lowest BCUT2D eigenvalue weighted by Crippen LogP contribution is -2.42. The Morgan fingerprint density at radius 2 is 2.20 bits per heavy atom. The molecule has 1 heterocycles. The Morgan fingerprint density at radius 1 is 1.60 bits per heavy atom. The lowest BCUT2D eigenvalue weighted by atomic mass is 10.1. The number of amides is 1. The summed E-state index contributed by atoms with van der Waals surface area (Å²) >= 11 is 0. The van der Waals surface area contributed by atoms with Gasteiger partial charge in [-0.25, -0.2) is 0 Å². The lowest BCUT2D eigenvalue weighted by molar-refractivity contribution is -0.124. The molecule has 0 aliphatic carbocycles. The maximum atomic E-state index is 11.4. The summed E-state index contributed by atoms with van der Waals surface area (Å²) < 4.78 is 29.8. The van der Waals surface area contributed by atoms with Gasteiger partial charge in [0.05, 0.1) is 5.92 Å². The number of carbonyl (C=O) groups is 1. The third kappa shape index (κ3) is 4.33. The summed E-state index contributed by atoms with van der Waals surface area (Å²) in [6, 6.07) is 0. The van der Waals surface area contributed by atoms with Crippen LogP contribution >= 0.6 is 12.4 Å². The van der Waals surface area contributed by atoms with Crippen LogP contribution in [0.4, 0.5) is 0 Å². The fourth-order valence-corrected chi connectivity index (χ4v) is 1.54. The Bertz CT molecular complexity index is 313. The van der Waals surface area contributed by atoms with Crippen LogP contribution in [0.1, 0.15) is 13.3 Å². The molecule has 6 nitrogen and oxygen atoms in total. The van der Waals surface area contributed by atoms with E-state index in [9.17, 15) is 13.2 Å². The van der Waals surface area contributed by atoms with Gasteiger partial charge in [-0.3, -0.25) is 9.35 Å². The number of rotatable bonds is 3. The van der Waals surface area contributed by atoms with E-state index in [1.165, 1.54) is 6.92 Å². The minimum Gasteiger partial charge on any atom is -0.338 e. The molecule has 1 aliphatic heterocycles. The molecule has 0 spiro atoms. The first-order valence-corrected chi connectivity index (χ1v) is 5.89. The minimum absolute atomic E-state index is 0. The molecule has 15 heavy (non-hydrogen) atoms. The van der Waals surface area contributed by atoms with E-state index in [4.69, 9.17) is 4.55 Å². The summed E-state index contributed by atoms with van der Waals surface area (Å²) in [4.78, 5) is 11.4. The van der Waals surface area contributed by atoms with Crippen LogP contribution in [-0.4, -0.2) is 37.3 Å². The topological polar surface area (TPSA) is 95.5 Å². The van der Waals surface area contributed by atoms with E-state index in [1.54, 1.807) is 0 Å². The molecule has 1 saturated heterocycles. The van der Waals surface area contributed by atoms with Crippen molar-refractivity contribution in [3.8, 4) is 0 Å². The van der Waals surface area contributed by atoms with Crippen LogP contribution in [0.15, 0.2) is 0 Å². The van der Waals surface area contributed by atoms with Gasteiger partial charge in [0, 0.05) is 6.54 Å². The van der Waals surface area contributed by atoms with Gasteiger partial charge in [0.25, 0.3) is 10.1 Å². The summed E-state index contributed by atoms with van der Waals surface area (Å²) in [5, 5.41) is 4.00. The highest BCUT2D eigenvalue weighted by Gasteiger charge is 2.26. The Morgan fingerprint density at radius 3 is 2.60 bits per heavy atom. The molecule has 8 heteroatoms. The molecule has 90 valence electrons. The van der Waals surface area contributed by atoms with Gasteiger partial charge in [0.15, 0.2) is 5.37 Å². The van der Waals surface area contributed by atoms with Gasteiger partial charge in [0.2, 0.25) is 5.91 Å². The van der Waals surface area contributed by atoms with Crippen LogP contribution in [0.2, 0.25) is 0 Å². The van der Waals surface area contributed by atoms with Crippen LogP contribution in [0.25, 0.3) is 0 Å². The molecular formula is C7H15ClN2O4S. The normalized spacial score (nSPS) is 22.9. The summed E-state index contributed by atoms with van der Waals surface area (Å²) in [6.45, 7) is 2.55. The SMILES string of the molecule is CC(NC(=O)C1CCNC1)S(=O)(=O)O.Cl. The predicted octanol–water partition coefficient (Wildman–Crippen LogP) is -0.632. The smallest absolute Gasteiger partial charge is 0.285 e. The van der Waals surface area contributed by atoms with Crippen LogP contribution in [0, 0.1) is 5.92 Å². The summed E-state index contributed by atoms with van der Waals surface area (Å²) in [6.07, 6.45) is 0.698. The van der Waals surface area contributed by atoms with E-state index in [2.05, 4.69) is 10.6 Å². The van der Waals surface area contributed by atoms with Crippen LogP contribution in [0.3, 0.4) is 0 Å². The van der Waals surface area contributed by atoms with Crippen molar-refractivity contribution >= 4 is 28.4 Å². The third-order valence-electron chi connectivity index (χ3n) is 2.22. The molecule has 0 aromatic rings. The molecule has 2 unspecified atom stereocenters. The molecule has 0 aromatic heterocycles. The summed E-state index contributed by atoms with van der Waals surface area (Å²) in [5.41, 5.74) is 0. The van der Waals surface area contributed by atoms with Crippen molar-refractivity contribution in [2.75, 3.05) is 13.1 Å².